The summed E-state index contributed by atoms with van der Waals surface area (Å²) in [4.78, 5) is 24.2. The van der Waals surface area contributed by atoms with Gasteiger partial charge in [0.15, 0.2) is 0 Å². The van der Waals surface area contributed by atoms with E-state index in [0.717, 1.165) is 5.52 Å². The lowest BCUT2D eigenvalue weighted by Crippen LogP contribution is -2.25. The van der Waals surface area contributed by atoms with Crippen molar-refractivity contribution in [3.8, 4) is 0 Å². The highest BCUT2D eigenvalue weighted by Crippen LogP contribution is 2.20. The molecule has 0 saturated heterocycles. The molecule has 5 nitrogen and oxygen atoms in total. The molecular weight excluding hydrogens is 232 g/mol. The second-order valence-electron chi connectivity index (χ2n) is 4.28. The number of hydrogen-bond acceptors (Lipinski definition) is 2. The first kappa shape index (κ1) is 12.2. The average molecular weight is 246 g/mol. The minimum absolute atomic E-state index is 0.0340. The fourth-order valence-electron chi connectivity index (χ4n) is 1.83. The molecule has 1 N–H and O–H groups in total. The average Bonchev–Trinajstić information content (AvgIpc) is 2.72. The van der Waals surface area contributed by atoms with Gasteiger partial charge in [0, 0.05) is 31.2 Å². The molecule has 5 heteroatoms. The topological polar surface area (TPSA) is 62.5 Å². The molecular formula is C13H14N2O3. The molecule has 18 heavy (non-hydrogen) atoms. The second kappa shape index (κ2) is 4.52. The van der Waals surface area contributed by atoms with Gasteiger partial charge in [0.05, 0.1) is 5.56 Å². The summed E-state index contributed by atoms with van der Waals surface area (Å²) in [5.41, 5.74) is 1.01. The molecule has 0 fully saturated rings. The molecule has 0 unspecified atom stereocenters. The highest BCUT2D eigenvalue weighted by molar-refractivity contribution is 6.03. The van der Waals surface area contributed by atoms with Crippen LogP contribution in [0.15, 0.2) is 30.5 Å². The number of carbonyl (C=O) groups excluding carboxylic acids is 1. The van der Waals surface area contributed by atoms with Gasteiger partial charge in [-0.15, -0.1) is 0 Å². The lowest BCUT2D eigenvalue weighted by molar-refractivity contribution is -0.129. The number of carboxylic acid groups (broad SMARTS) is 1. The maximum Gasteiger partial charge on any atom is 0.336 e. The Morgan fingerprint density at radius 1 is 1.28 bits per heavy atom. The van der Waals surface area contributed by atoms with Crippen molar-refractivity contribution in [2.24, 2.45) is 0 Å². The Morgan fingerprint density at radius 2 is 2.00 bits per heavy atom. The third kappa shape index (κ3) is 2.07. The van der Waals surface area contributed by atoms with Gasteiger partial charge in [0.2, 0.25) is 5.91 Å². The Labute approximate surface area is 104 Å². The van der Waals surface area contributed by atoms with Crippen LogP contribution in [0.5, 0.6) is 0 Å². The minimum atomic E-state index is -0.961. The van der Waals surface area contributed by atoms with Gasteiger partial charge in [-0.1, -0.05) is 6.07 Å². The van der Waals surface area contributed by atoms with Gasteiger partial charge >= 0.3 is 5.97 Å². The molecule has 1 aromatic heterocycles. The third-order valence-corrected chi connectivity index (χ3v) is 2.85. The summed E-state index contributed by atoms with van der Waals surface area (Å²) in [6, 6.07) is 6.78. The zero-order valence-electron chi connectivity index (χ0n) is 10.3. The molecule has 2 aromatic rings. The predicted molar refractivity (Wildman–Crippen MR) is 67.6 cm³/mol. The van der Waals surface area contributed by atoms with Crippen LogP contribution in [0, 0.1) is 0 Å². The standard InChI is InChI=1S/C13H14N2O3/c1-14(2)12(16)8-15-7-6-9-10(13(17)18)4-3-5-11(9)15/h3-7H,8H2,1-2H3,(H,17,18). The number of hydrogen-bond donors (Lipinski definition) is 1. The molecule has 1 heterocycles. The monoisotopic (exact) mass is 246 g/mol. The first-order valence-electron chi connectivity index (χ1n) is 5.52. The summed E-state index contributed by atoms with van der Waals surface area (Å²) in [7, 11) is 3.38. The van der Waals surface area contributed by atoms with Gasteiger partial charge in [-0.25, -0.2) is 4.79 Å². The molecule has 0 bridgehead atoms. The number of carbonyl (C=O) groups is 2. The number of likely N-dealkylation sites (N-methyl/N-ethyl adjacent to an activating group) is 1. The van der Waals surface area contributed by atoms with Gasteiger partial charge in [-0.3, -0.25) is 4.79 Å². The van der Waals surface area contributed by atoms with E-state index in [-0.39, 0.29) is 18.0 Å². The van der Waals surface area contributed by atoms with Crippen LogP contribution in [0.3, 0.4) is 0 Å². The van der Waals surface area contributed by atoms with Gasteiger partial charge in [0.25, 0.3) is 0 Å². The molecule has 0 saturated carbocycles. The zero-order chi connectivity index (χ0) is 13.3. The van der Waals surface area contributed by atoms with Crippen molar-refractivity contribution in [3.63, 3.8) is 0 Å². The van der Waals surface area contributed by atoms with Crippen molar-refractivity contribution >= 4 is 22.8 Å². The van der Waals surface area contributed by atoms with Gasteiger partial charge in [-0.05, 0) is 18.2 Å². The quantitative estimate of drug-likeness (QED) is 0.891. The number of aromatic nitrogens is 1. The first-order valence-corrected chi connectivity index (χ1v) is 5.52. The van der Waals surface area contributed by atoms with E-state index in [0.29, 0.717) is 5.39 Å². The van der Waals surface area contributed by atoms with E-state index >= 15 is 0 Å². The highest BCUT2D eigenvalue weighted by Gasteiger charge is 2.12. The van der Waals surface area contributed by atoms with Gasteiger partial charge in [0.1, 0.15) is 6.54 Å². The molecule has 2 rings (SSSR count). The number of fused-ring (bicyclic) bond motifs is 1. The summed E-state index contributed by atoms with van der Waals surface area (Å²) >= 11 is 0. The molecule has 0 aliphatic rings. The van der Waals surface area contributed by atoms with E-state index in [2.05, 4.69) is 0 Å². The van der Waals surface area contributed by atoms with E-state index in [9.17, 15) is 9.59 Å². The third-order valence-electron chi connectivity index (χ3n) is 2.85. The van der Waals surface area contributed by atoms with Crippen LogP contribution in [0.25, 0.3) is 10.9 Å². The number of carboxylic acids is 1. The Morgan fingerprint density at radius 3 is 2.61 bits per heavy atom. The largest absolute Gasteiger partial charge is 0.478 e. The van der Waals surface area contributed by atoms with E-state index in [4.69, 9.17) is 5.11 Å². The Kier molecular flexibility index (Phi) is 3.06. The van der Waals surface area contributed by atoms with Crippen LogP contribution in [0.4, 0.5) is 0 Å². The van der Waals surface area contributed by atoms with Crippen molar-refractivity contribution in [2.45, 2.75) is 6.54 Å². The van der Waals surface area contributed by atoms with Crippen LogP contribution >= 0.6 is 0 Å². The normalized spacial score (nSPS) is 10.6. The van der Waals surface area contributed by atoms with Crippen molar-refractivity contribution in [1.82, 2.24) is 9.47 Å². The Balaban J connectivity index is 2.46. The molecule has 0 aliphatic heterocycles. The second-order valence-corrected chi connectivity index (χ2v) is 4.28. The Bertz CT molecular complexity index is 614. The van der Waals surface area contributed by atoms with Crippen LogP contribution in [-0.4, -0.2) is 40.5 Å². The molecule has 0 spiro atoms. The molecule has 1 amide bonds. The lowest BCUT2D eigenvalue weighted by Gasteiger charge is -2.11. The van der Waals surface area contributed by atoms with Crippen molar-refractivity contribution < 1.29 is 14.7 Å². The molecule has 0 radical (unpaired) electrons. The number of benzene rings is 1. The molecule has 1 aromatic carbocycles. The minimum Gasteiger partial charge on any atom is -0.478 e. The number of amides is 1. The summed E-state index contributed by atoms with van der Waals surface area (Å²) < 4.78 is 1.75. The number of aromatic carboxylic acids is 1. The number of rotatable bonds is 3. The van der Waals surface area contributed by atoms with E-state index in [1.54, 1.807) is 43.1 Å². The first-order chi connectivity index (χ1) is 8.50. The summed E-state index contributed by atoms with van der Waals surface area (Å²) in [5, 5.41) is 9.73. The van der Waals surface area contributed by atoms with Crippen LogP contribution in [-0.2, 0) is 11.3 Å². The maximum atomic E-state index is 11.7. The van der Waals surface area contributed by atoms with Crippen molar-refractivity contribution in [1.29, 1.82) is 0 Å². The Hall–Kier alpha value is -2.30. The molecule has 94 valence electrons. The summed E-state index contributed by atoms with van der Waals surface area (Å²) in [6.45, 7) is 0.208. The number of nitrogens with zero attached hydrogens (tertiary/aromatic N) is 2. The van der Waals surface area contributed by atoms with Crippen LogP contribution < -0.4 is 0 Å². The van der Waals surface area contributed by atoms with E-state index in [1.165, 1.54) is 4.90 Å². The predicted octanol–water partition coefficient (Wildman–Crippen LogP) is 1.43. The zero-order valence-corrected chi connectivity index (χ0v) is 10.3. The fourth-order valence-corrected chi connectivity index (χ4v) is 1.83. The van der Waals surface area contributed by atoms with Gasteiger partial charge < -0.3 is 14.6 Å². The lowest BCUT2D eigenvalue weighted by atomic mass is 10.1. The van der Waals surface area contributed by atoms with E-state index in [1.807, 2.05) is 6.07 Å². The molecule has 0 aliphatic carbocycles. The SMILES string of the molecule is CN(C)C(=O)Cn1ccc2c(C(=O)O)cccc21. The van der Waals surface area contributed by atoms with Crippen molar-refractivity contribution in [2.75, 3.05) is 14.1 Å². The van der Waals surface area contributed by atoms with Crippen molar-refractivity contribution in [3.05, 3.63) is 36.0 Å². The molecule has 0 atom stereocenters. The van der Waals surface area contributed by atoms with Gasteiger partial charge in [-0.2, -0.15) is 0 Å². The summed E-state index contributed by atoms with van der Waals surface area (Å²) in [5.74, 6) is -0.995. The highest BCUT2D eigenvalue weighted by atomic mass is 16.4. The summed E-state index contributed by atoms with van der Waals surface area (Å²) in [6.07, 6.45) is 1.73. The maximum absolute atomic E-state index is 11.7. The van der Waals surface area contributed by atoms with E-state index < -0.39 is 5.97 Å². The fraction of sp³-hybridized carbons (Fsp3) is 0.231. The van der Waals surface area contributed by atoms with Crippen LogP contribution in [0.2, 0.25) is 0 Å². The smallest absolute Gasteiger partial charge is 0.336 e. The van der Waals surface area contributed by atoms with Crippen LogP contribution in [0.1, 0.15) is 10.4 Å².